The van der Waals surface area contributed by atoms with Gasteiger partial charge in [-0.3, -0.25) is 4.79 Å². The molecule has 84 valence electrons. The van der Waals surface area contributed by atoms with Crippen LogP contribution in [0.2, 0.25) is 0 Å². The molecule has 0 aromatic carbocycles. The number of aliphatic hydroxyl groups is 1. The quantitative estimate of drug-likeness (QED) is 0.495. The lowest BCUT2D eigenvalue weighted by atomic mass is 10.2. The number of carbonyl (C=O) groups is 1. The Morgan fingerprint density at radius 1 is 1.43 bits per heavy atom. The van der Waals surface area contributed by atoms with Gasteiger partial charge in [0.05, 0.1) is 6.10 Å². The minimum atomic E-state index is -0.193. The monoisotopic (exact) mass is 202 g/mol. The molecule has 0 aromatic heterocycles. The molecule has 1 amide bonds. The van der Waals surface area contributed by atoms with Crippen LogP contribution >= 0.6 is 0 Å². The third-order valence-corrected chi connectivity index (χ3v) is 2.16. The van der Waals surface area contributed by atoms with Crippen LogP contribution in [0.5, 0.6) is 0 Å². The van der Waals surface area contributed by atoms with Gasteiger partial charge < -0.3 is 15.7 Å². The number of hydrogen-bond donors (Lipinski definition) is 3. The molecule has 0 radical (unpaired) electrons. The van der Waals surface area contributed by atoms with Crippen LogP contribution in [-0.4, -0.2) is 37.3 Å². The van der Waals surface area contributed by atoms with Crippen LogP contribution < -0.4 is 10.6 Å². The van der Waals surface area contributed by atoms with Crippen molar-refractivity contribution in [3.63, 3.8) is 0 Å². The Balaban J connectivity index is 3.10. The predicted octanol–water partition coefficient (Wildman–Crippen LogP) is 0.263. The summed E-state index contributed by atoms with van der Waals surface area (Å²) in [5, 5.41) is 15.0. The Bertz CT molecular complexity index is 151. The minimum absolute atomic E-state index is 0.0837. The maximum absolute atomic E-state index is 10.8. The molecule has 0 aromatic rings. The number of amides is 1. The average molecular weight is 202 g/mol. The van der Waals surface area contributed by atoms with E-state index < -0.39 is 0 Å². The molecule has 3 N–H and O–H groups in total. The van der Waals surface area contributed by atoms with Gasteiger partial charge in [0, 0.05) is 13.5 Å². The van der Waals surface area contributed by atoms with Crippen molar-refractivity contribution in [3.05, 3.63) is 0 Å². The molecule has 0 bridgehead atoms. The van der Waals surface area contributed by atoms with Gasteiger partial charge in [0.2, 0.25) is 5.91 Å². The Hall–Kier alpha value is -0.610. The summed E-state index contributed by atoms with van der Waals surface area (Å²) in [4.78, 5) is 10.8. The van der Waals surface area contributed by atoms with Gasteiger partial charge in [-0.1, -0.05) is 6.92 Å². The first-order chi connectivity index (χ1) is 6.70. The Labute approximate surface area is 86.1 Å². The van der Waals surface area contributed by atoms with Crippen LogP contribution in [0.1, 0.15) is 32.6 Å². The largest absolute Gasteiger partial charge is 0.393 e. The lowest BCUT2D eigenvalue weighted by Gasteiger charge is -2.08. The molecule has 0 aliphatic rings. The average Bonchev–Trinajstić information content (AvgIpc) is 2.22. The standard InChI is InChI=1S/C10H22N2O2/c1-3-9(13)6-8-12-7-4-5-10(14)11-2/h9,12-13H,3-8H2,1-2H3,(H,11,14). The Morgan fingerprint density at radius 2 is 2.14 bits per heavy atom. The van der Waals surface area contributed by atoms with Gasteiger partial charge in [-0.2, -0.15) is 0 Å². The lowest BCUT2D eigenvalue weighted by molar-refractivity contribution is -0.120. The zero-order valence-electron chi connectivity index (χ0n) is 9.18. The van der Waals surface area contributed by atoms with E-state index in [1.807, 2.05) is 6.92 Å². The molecule has 0 spiro atoms. The van der Waals surface area contributed by atoms with Crippen LogP contribution in [0.3, 0.4) is 0 Å². The highest BCUT2D eigenvalue weighted by Crippen LogP contribution is 1.94. The topological polar surface area (TPSA) is 61.4 Å². The summed E-state index contributed by atoms with van der Waals surface area (Å²) >= 11 is 0. The van der Waals surface area contributed by atoms with Crippen molar-refractivity contribution in [1.82, 2.24) is 10.6 Å². The molecule has 0 rings (SSSR count). The van der Waals surface area contributed by atoms with Crippen LogP contribution in [-0.2, 0) is 4.79 Å². The maximum Gasteiger partial charge on any atom is 0.219 e. The van der Waals surface area contributed by atoms with Gasteiger partial charge in [0.1, 0.15) is 0 Å². The molecule has 1 atom stereocenters. The zero-order valence-corrected chi connectivity index (χ0v) is 9.18. The number of nitrogens with one attached hydrogen (secondary N) is 2. The summed E-state index contributed by atoms with van der Waals surface area (Å²) in [6, 6.07) is 0. The number of rotatable bonds is 8. The third-order valence-electron chi connectivity index (χ3n) is 2.16. The van der Waals surface area contributed by atoms with E-state index in [0.29, 0.717) is 6.42 Å². The number of hydrogen-bond acceptors (Lipinski definition) is 3. The van der Waals surface area contributed by atoms with Gasteiger partial charge in [-0.25, -0.2) is 0 Å². The summed E-state index contributed by atoms with van der Waals surface area (Å²) in [6.07, 6.45) is 2.82. The van der Waals surface area contributed by atoms with Crippen molar-refractivity contribution in [1.29, 1.82) is 0 Å². The van der Waals surface area contributed by atoms with E-state index in [-0.39, 0.29) is 12.0 Å². The van der Waals surface area contributed by atoms with Crippen LogP contribution in [0, 0.1) is 0 Å². The fourth-order valence-corrected chi connectivity index (χ4v) is 1.10. The summed E-state index contributed by atoms with van der Waals surface area (Å²) in [5.41, 5.74) is 0. The first kappa shape index (κ1) is 13.4. The van der Waals surface area contributed by atoms with Gasteiger partial charge in [0.15, 0.2) is 0 Å². The van der Waals surface area contributed by atoms with Crippen molar-refractivity contribution < 1.29 is 9.90 Å². The smallest absolute Gasteiger partial charge is 0.219 e. The van der Waals surface area contributed by atoms with Gasteiger partial charge in [-0.05, 0) is 32.4 Å². The molecule has 0 aliphatic heterocycles. The van der Waals surface area contributed by atoms with Crippen LogP contribution in [0.15, 0.2) is 0 Å². The molecule has 0 saturated carbocycles. The van der Waals surface area contributed by atoms with E-state index in [9.17, 15) is 9.90 Å². The highest BCUT2D eigenvalue weighted by molar-refractivity contribution is 5.75. The van der Waals surface area contributed by atoms with E-state index in [0.717, 1.165) is 32.4 Å². The van der Waals surface area contributed by atoms with E-state index in [2.05, 4.69) is 10.6 Å². The minimum Gasteiger partial charge on any atom is -0.393 e. The molecule has 0 saturated heterocycles. The number of aliphatic hydroxyl groups excluding tert-OH is 1. The van der Waals surface area contributed by atoms with E-state index in [1.165, 1.54) is 0 Å². The molecule has 4 nitrogen and oxygen atoms in total. The van der Waals surface area contributed by atoms with Crippen molar-refractivity contribution in [2.45, 2.75) is 38.7 Å². The normalized spacial score (nSPS) is 12.5. The SMILES string of the molecule is CCC(O)CCNCCCC(=O)NC. The third kappa shape index (κ3) is 8.01. The molecule has 14 heavy (non-hydrogen) atoms. The van der Waals surface area contributed by atoms with Crippen molar-refractivity contribution in [2.75, 3.05) is 20.1 Å². The highest BCUT2D eigenvalue weighted by Gasteiger charge is 2.00. The lowest BCUT2D eigenvalue weighted by Crippen LogP contribution is -2.23. The van der Waals surface area contributed by atoms with Gasteiger partial charge in [-0.15, -0.1) is 0 Å². The summed E-state index contributed by atoms with van der Waals surface area (Å²) in [6.45, 7) is 3.63. The predicted molar refractivity (Wildman–Crippen MR) is 57.1 cm³/mol. The van der Waals surface area contributed by atoms with Crippen LogP contribution in [0.25, 0.3) is 0 Å². The highest BCUT2D eigenvalue weighted by atomic mass is 16.3. The van der Waals surface area contributed by atoms with E-state index in [1.54, 1.807) is 7.05 Å². The fraction of sp³-hybridized carbons (Fsp3) is 0.900. The number of carbonyl (C=O) groups excluding carboxylic acids is 1. The molecule has 1 unspecified atom stereocenters. The maximum atomic E-state index is 10.8. The Kier molecular flexibility index (Phi) is 8.57. The van der Waals surface area contributed by atoms with Crippen molar-refractivity contribution in [3.8, 4) is 0 Å². The zero-order chi connectivity index (χ0) is 10.8. The van der Waals surface area contributed by atoms with E-state index >= 15 is 0 Å². The van der Waals surface area contributed by atoms with Crippen molar-refractivity contribution in [2.24, 2.45) is 0 Å². The second-order valence-corrected chi connectivity index (χ2v) is 3.38. The second-order valence-electron chi connectivity index (χ2n) is 3.38. The Morgan fingerprint density at radius 3 is 2.71 bits per heavy atom. The molecular formula is C10H22N2O2. The molecule has 0 fully saturated rings. The first-order valence-electron chi connectivity index (χ1n) is 5.30. The van der Waals surface area contributed by atoms with E-state index in [4.69, 9.17) is 0 Å². The van der Waals surface area contributed by atoms with Gasteiger partial charge >= 0.3 is 0 Å². The molecule has 0 heterocycles. The molecular weight excluding hydrogens is 180 g/mol. The fourth-order valence-electron chi connectivity index (χ4n) is 1.10. The van der Waals surface area contributed by atoms with Crippen LogP contribution in [0.4, 0.5) is 0 Å². The second kappa shape index (κ2) is 8.97. The summed E-state index contributed by atoms with van der Waals surface area (Å²) in [5.74, 6) is 0.0837. The summed E-state index contributed by atoms with van der Waals surface area (Å²) < 4.78 is 0. The molecule has 4 heteroatoms. The first-order valence-corrected chi connectivity index (χ1v) is 5.30. The molecule has 0 aliphatic carbocycles. The van der Waals surface area contributed by atoms with Gasteiger partial charge in [0.25, 0.3) is 0 Å². The summed E-state index contributed by atoms with van der Waals surface area (Å²) in [7, 11) is 1.65. The van der Waals surface area contributed by atoms with Crippen molar-refractivity contribution >= 4 is 5.91 Å².